The highest BCUT2D eigenvalue weighted by atomic mass is 32.2. The first kappa shape index (κ1) is 13.9. The summed E-state index contributed by atoms with van der Waals surface area (Å²) < 4.78 is 13.2. The smallest absolute Gasteiger partial charge is 0.224 e. The zero-order valence-electron chi connectivity index (χ0n) is 10.3. The molecule has 0 unspecified atom stereocenters. The van der Waals surface area contributed by atoms with Crippen molar-refractivity contribution in [1.82, 2.24) is 4.90 Å². The predicted octanol–water partition coefficient (Wildman–Crippen LogP) is 0.928. The molecule has 1 heterocycles. The Morgan fingerprint density at radius 2 is 2.26 bits per heavy atom. The van der Waals surface area contributed by atoms with Crippen molar-refractivity contribution in [2.45, 2.75) is 24.8 Å². The summed E-state index contributed by atoms with van der Waals surface area (Å²) in [5.41, 5.74) is 0.593. The Morgan fingerprint density at radius 3 is 2.84 bits per heavy atom. The van der Waals surface area contributed by atoms with Gasteiger partial charge in [0, 0.05) is 12.2 Å². The van der Waals surface area contributed by atoms with Gasteiger partial charge in [-0.25, -0.2) is 4.39 Å². The van der Waals surface area contributed by atoms with Gasteiger partial charge in [-0.1, -0.05) is 19.1 Å². The minimum atomic E-state index is -1.27. The highest BCUT2D eigenvalue weighted by Gasteiger charge is 2.38. The van der Waals surface area contributed by atoms with Gasteiger partial charge in [0.25, 0.3) is 0 Å². The zero-order valence-corrected chi connectivity index (χ0v) is 11.2. The summed E-state index contributed by atoms with van der Waals surface area (Å²) in [5, 5.41) is 10.6. The van der Waals surface area contributed by atoms with E-state index >= 15 is 0 Å². The van der Waals surface area contributed by atoms with Crippen molar-refractivity contribution in [2.24, 2.45) is 0 Å². The van der Waals surface area contributed by atoms with Crippen LogP contribution in [-0.4, -0.2) is 28.6 Å². The SMILES string of the molecule is CCC(=O)N1[C@@H](c2cccc(F)c2)SC[C@H]1C(=O)[O-]. The minimum absolute atomic E-state index is 0.205. The van der Waals surface area contributed by atoms with E-state index in [1.165, 1.54) is 28.8 Å². The lowest BCUT2D eigenvalue weighted by Gasteiger charge is -2.30. The van der Waals surface area contributed by atoms with Crippen LogP contribution in [0.4, 0.5) is 4.39 Å². The zero-order chi connectivity index (χ0) is 14.0. The molecule has 0 spiro atoms. The van der Waals surface area contributed by atoms with Gasteiger partial charge in [-0.15, -0.1) is 11.8 Å². The normalized spacial score (nSPS) is 22.5. The number of rotatable bonds is 3. The molecular formula is C13H13FNO3S-. The molecule has 0 saturated carbocycles. The molecule has 2 atom stereocenters. The molecule has 4 nitrogen and oxygen atoms in total. The summed E-state index contributed by atoms with van der Waals surface area (Å²) in [6, 6.07) is 4.92. The van der Waals surface area contributed by atoms with Gasteiger partial charge in [0.2, 0.25) is 5.91 Å². The molecule has 1 aromatic carbocycles. The molecule has 6 heteroatoms. The van der Waals surface area contributed by atoms with Crippen LogP contribution >= 0.6 is 11.8 Å². The second kappa shape index (κ2) is 5.61. The molecule has 1 fully saturated rings. The molecule has 1 aromatic rings. The van der Waals surface area contributed by atoms with Crippen LogP contribution < -0.4 is 5.11 Å². The Labute approximate surface area is 114 Å². The van der Waals surface area contributed by atoms with E-state index in [9.17, 15) is 19.1 Å². The number of carboxylic acid groups (broad SMARTS) is 1. The van der Waals surface area contributed by atoms with Crippen molar-refractivity contribution in [3.8, 4) is 0 Å². The van der Waals surface area contributed by atoms with Crippen molar-refractivity contribution in [3.05, 3.63) is 35.6 Å². The van der Waals surface area contributed by atoms with E-state index in [0.717, 1.165) is 0 Å². The van der Waals surface area contributed by atoms with Gasteiger partial charge in [0.1, 0.15) is 11.2 Å². The van der Waals surface area contributed by atoms with Crippen LogP contribution in [0.25, 0.3) is 0 Å². The third-order valence-electron chi connectivity index (χ3n) is 3.00. The summed E-state index contributed by atoms with van der Waals surface area (Å²) in [4.78, 5) is 24.3. The molecule has 102 valence electrons. The summed E-state index contributed by atoms with van der Waals surface area (Å²) >= 11 is 1.31. The first-order chi connectivity index (χ1) is 9.04. The summed E-state index contributed by atoms with van der Waals surface area (Å²) in [6.07, 6.45) is 0.205. The summed E-state index contributed by atoms with van der Waals surface area (Å²) in [7, 11) is 0. The van der Waals surface area contributed by atoms with Crippen LogP contribution in [0.5, 0.6) is 0 Å². The number of carbonyl (C=O) groups excluding carboxylic acids is 2. The lowest BCUT2D eigenvalue weighted by molar-refractivity contribution is -0.310. The first-order valence-corrected chi connectivity index (χ1v) is 6.98. The molecule has 19 heavy (non-hydrogen) atoms. The molecule has 1 saturated heterocycles. The number of carboxylic acids is 1. The number of amides is 1. The maximum Gasteiger partial charge on any atom is 0.224 e. The number of thioether (sulfide) groups is 1. The summed E-state index contributed by atoms with van der Waals surface area (Å²) in [5.74, 6) is -1.68. The minimum Gasteiger partial charge on any atom is -0.548 e. The van der Waals surface area contributed by atoms with E-state index in [4.69, 9.17) is 0 Å². The number of nitrogens with zero attached hydrogens (tertiary/aromatic N) is 1. The van der Waals surface area contributed by atoms with E-state index in [-0.39, 0.29) is 18.1 Å². The lowest BCUT2D eigenvalue weighted by atomic mass is 10.1. The van der Waals surface area contributed by atoms with E-state index in [1.807, 2.05) is 0 Å². The number of hydrogen-bond donors (Lipinski definition) is 0. The van der Waals surface area contributed by atoms with E-state index in [0.29, 0.717) is 5.56 Å². The van der Waals surface area contributed by atoms with Gasteiger partial charge >= 0.3 is 0 Å². The van der Waals surface area contributed by atoms with Crippen LogP contribution in [0.3, 0.4) is 0 Å². The highest BCUT2D eigenvalue weighted by Crippen LogP contribution is 2.41. The Kier molecular flexibility index (Phi) is 4.09. The van der Waals surface area contributed by atoms with Gasteiger partial charge in [0.05, 0.1) is 12.0 Å². The van der Waals surface area contributed by atoms with Crippen molar-refractivity contribution in [3.63, 3.8) is 0 Å². The number of carbonyl (C=O) groups is 2. The van der Waals surface area contributed by atoms with Crippen molar-refractivity contribution in [1.29, 1.82) is 0 Å². The average Bonchev–Trinajstić information content (AvgIpc) is 2.82. The van der Waals surface area contributed by atoms with Crippen LogP contribution in [0, 0.1) is 5.82 Å². The van der Waals surface area contributed by atoms with Gasteiger partial charge in [-0.2, -0.15) is 0 Å². The second-order valence-corrected chi connectivity index (χ2v) is 5.34. The van der Waals surface area contributed by atoms with E-state index in [1.54, 1.807) is 19.1 Å². The quantitative estimate of drug-likeness (QED) is 0.827. The number of benzene rings is 1. The summed E-state index contributed by atoms with van der Waals surface area (Å²) in [6.45, 7) is 1.67. The van der Waals surface area contributed by atoms with Gasteiger partial charge in [-0.05, 0) is 17.7 Å². The largest absolute Gasteiger partial charge is 0.548 e. The molecule has 0 bridgehead atoms. The second-order valence-electron chi connectivity index (χ2n) is 4.23. The van der Waals surface area contributed by atoms with Crippen molar-refractivity contribution in [2.75, 3.05) is 5.75 Å². The number of halogens is 1. The van der Waals surface area contributed by atoms with Crippen LogP contribution in [0.15, 0.2) is 24.3 Å². The Morgan fingerprint density at radius 1 is 1.53 bits per heavy atom. The van der Waals surface area contributed by atoms with Gasteiger partial charge in [-0.3, -0.25) is 4.79 Å². The first-order valence-electron chi connectivity index (χ1n) is 5.93. The Hall–Kier alpha value is -1.56. The number of aliphatic carboxylic acids is 1. The molecule has 0 N–H and O–H groups in total. The molecular weight excluding hydrogens is 269 g/mol. The monoisotopic (exact) mass is 282 g/mol. The third-order valence-corrected chi connectivity index (χ3v) is 4.32. The van der Waals surface area contributed by atoms with Crippen LogP contribution in [0.1, 0.15) is 24.3 Å². The van der Waals surface area contributed by atoms with Crippen LogP contribution in [0.2, 0.25) is 0 Å². The molecule has 0 aromatic heterocycles. The van der Waals surface area contributed by atoms with E-state index < -0.39 is 23.2 Å². The fourth-order valence-electron chi connectivity index (χ4n) is 2.09. The molecule has 1 aliphatic heterocycles. The van der Waals surface area contributed by atoms with Crippen LogP contribution in [-0.2, 0) is 9.59 Å². The molecule has 0 radical (unpaired) electrons. The molecule has 1 aliphatic rings. The fraction of sp³-hybridized carbons (Fsp3) is 0.385. The topological polar surface area (TPSA) is 60.4 Å². The predicted molar refractivity (Wildman–Crippen MR) is 67.5 cm³/mol. The molecule has 2 rings (SSSR count). The lowest BCUT2D eigenvalue weighted by Crippen LogP contribution is -2.48. The highest BCUT2D eigenvalue weighted by molar-refractivity contribution is 7.99. The maximum absolute atomic E-state index is 13.2. The Bertz CT molecular complexity index is 508. The van der Waals surface area contributed by atoms with Crippen molar-refractivity contribution < 1.29 is 19.1 Å². The maximum atomic E-state index is 13.2. The molecule has 0 aliphatic carbocycles. The Balaban J connectivity index is 2.34. The average molecular weight is 282 g/mol. The fourth-order valence-corrected chi connectivity index (χ4v) is 3.52. The standard InChI is InChI=1S/C13H14FNO3S/c1-2-11(16)15-10(13(17)18)7-19-12(15)8-4-3-5-9(14)6-8/h3-6,10,12H,2,7H2,1H3,(H,17,18)/p-1/t10-,12+/m0/s1. The van der Waals surface area contributed by atoms with E-state index in [2.05, 4.69) is 0 Å². The molecule has 1 amide bonds. The number of hydrogen-bond acceptors (Lipinski definition) is 4. The van der Waals surface area contributed by atoms with Gasteiger partial charge in [0.15, 0.2) is 0 Å². The van der Waals surface area contributed by atoms with Crippen molar-refractivity contribution >= 4 is 23.6 Å². The third kappa shape index (κ3) is 2.73. The van der Waals surface area contributed by atoms with Gasteiger partial charge < -0.3 is 14.8 Å².